The van der Waals surface area contributed by atoms with Crippen LogP contribution < -0.4 is 10.9 Å². The number of halogens is 1. The molecule has 1 aromatic heterocycles. The quantitative estimate of drug-likeness (QED) is 0.927. The third-order valence-electron chi connectivity index (χ3n) is 4.09. The summed E-state index contributed by atoms with van der Waals surface area (Å²) < 4.78 is 1.92. The van der Waals surface area contributed by atoms with E-state index in [0.717, 1.165) is 5.69 Å². The molecule has 0 radical (unpaired) electrons. The molecule has 1 heterocycles. The molecule has 106 valence electrons. The van der Waals surface area contributed by atoms with E-state index in [4.69, 9.17) is 0 Å². The lowest BCUT2D eigenvalue weighted by Gasteiger charge is -2.35. The van der Waals surface area contributed by atoms with Gasteiger partial charge in [-0.2, -0.15) is 5.10 Å². The molecule has 0 aliphatic heterocycles. The second-order valence-corrected chi connectivity index (χ2v) is 6.54. The molecule has 0 aromatic carbocycles. The van der Waals surface area contributed by atoms with E-state index in [-0.39, 0.29) is 5.56 Å². The first-order chi connectivity index (χ1) is 9.00. The molecule has 2 atom stereocenters. The highest BCUT2D eigenvalue weighted by atomic mass is 79.9. The predicted octanol–water partition coefficient (Wildman–Crippen LogP) is 3.17. The number of anilines is 1. The van der Waals surface area contributed by atoms with Gasteiger partial charge in [-0.05, 0) is 40.6 Å². The van der Waals surface area contributed by atoms with Gasteiger partial charge in [-0.15, -0.1) is 0 Å². The lowest BCUT2D eigenvalue weighted by Crippen LogP contribution is -2.36. The van der Waals surface area contributed by atoms with Crippen molar-refractivity contribution < 1.29 is 0 Å². The number of rotatable bonds is 3. The first-order valence-electron chi connectivity index (χ1n) is 6.99. The van der Waals surface area contributed by atoms with Crippen molar-refractivity contribution in [3.8, 4) is 0 Å². The number of nitrogens with zero attached hydrogens (tertiary/aromatic N) is 2. The first kappa shape index (κ1) is 14.6. The SMILES string of the molecule is CC(C)C1CCCCC1Nc1cnn(C)c(=O)c1Br. The van der Waals surface area contributed by atoms with Gasteiger partial charge in [0.25, 0.3) is 5.56 Å². The van der Waals surface area contributed by atoms with Crippen LogP contribution in [0.3, 0.4) is 0 Å². The van der Waals surface area contributed by atoms with Gasteiger partial charge >= 0.3 is 0 Å². The zero-order valence-electron chi connectivity index (χ0n) is 11.8. The lowest BCUT2D eigenvalue weighted by molar-refractivity contribution is 0.253. The Morgan fingerprint density at radius 3 is 2.79 bits per heavy atom. The van der Waals surface area contributed by atoms with Crippen LogP contribution in [0.2, 0.25) is 0 Å². The Hall–Kier alpha value is -0.840. The van der Waals surface area contributed by atoms with Crippen molar-refractivity contribution in [2.45, 2.75) is 45.6 Å². The average molecular weight is 328 g/mol. The first-order valence-corrected chi connectivity index (χ1v) is 7.78. The maximum atomic E-state index is 11.9. The maximum Gasteiger partial charge on any atom is 0.282 e. The maximum absolute atomic E-state index is 11.9. The molecular formula is C14H22BrN3O. The molecule has 4 nitrogen and oxygen atoms in total. The zero-order valence-corrected chi connectivity index (χ0v) is 13.4. The minimum absolute atomic E-state index is 0.0955. The second kappa shape index (κ2) is 6.07. The van der Waals surface area contributed by atoms with E-state index in [2.05, 4.69) is 40.2 Å². The van der Waals surface area contributed by atoms with Gasteiger partial charge in [0.15, 0.2) is 0 Å². The standard InChI is InChI=1S/C14H22BrN3O/c1-9(2)10-6-4-5-7-11(10)17-12-8-16-18(3)14(19)13(12)15/h8-11,17H,4-7H2,1-3H3. The van der Waals surface area contributed by atoms with Crippen molar-refractivity contribution in [2.24, 2.45) is 18.9 Å². The molecule has 2 unspecified atom stereocenters. The lowest BCUT2D eigenvalue weighted by atomic mass is 9.78. The van der Waals surface area contributed by atoms with Gasteiger partial charge in [0.1, 0.15) is 4.47 Å². The fraction of sp³-hybridized carbons (Fsp3) is 0.714. The Bertz CT molecular complexity index is 498. The topological polar surface area (TPSA) is 46.9 Å². The molecule has 1 aliphatic carbocycles. The zero-order chi connectivity index (χ0) is 14.0. The summed E-state index contributed by atoms with van der Waals surface area (Å²) in [6.45, 7) is 4.56. The Labute approximate surface area is 122 Å². The third kappa shape index (κ3) is 3.19. The van der Waals surface area contributed by atoms with E-state index in [1.807, 2.05) is 0 Å². The largest absolute Gasteiger partial charge is 0.380 e. The molecule has 0 spiro atoms. The number of hydrogen-bond donors (Lipinski definition) is 1. The van der Waals surface area contributed by atoms with Crippen molar-refractivity contribution in [3.63, 3.8) is 0 Å². The van der Waals surface area contributed by atoms with Gasteiger partial charge in [0, 0.05) is 13.1 Å². The van der Waals surface area contributed by atoms with E-state index in [0.29, 0.717) is 22.4 Å². The molecule has 1 aromatic rings. The van der Waals surface area contributed by atoms with Gasteiger partial charge in [-0.3, -0.25) is 4.79 Å². The van der Waals surface area contributed by atoms with Crippen molar-refractivity contribution in [3.05, 3.63) is 21.0 Å². The molecule has 5 heteroatoms. The average Bonchev–Trinajstić information content (AvgIpc) is 2.40. The molecule has 2 rings (SSSR count). The summed E-state index contributed by atoms with van der Waals surface area (Å²) in [6.07, 6.45) is 6.75. The van der Waals surface area contributed by atoms with Gasteiger partial charge in [-0.1, -0.05) is 26.7 Å². The third-order valence-corrected chi connectivity index (χ3v) is 4.86. The number of nitrogens with one attached hydrogen (secondary N) is 1. The number of aryl methyl sites for hydroxylation is 1. The summed E-state index contributed by atoms with van der Waals surface area (Å²) in [5.41, 5.74) is 0.725. The summed E-state index contributed by atoms with van der Waals surface area (Å²) in [6, 6.07) is 0.443. The summed E-state index contributed by atoms with van der Waals surface area (Å²) in [5, 5.41) is 7.61. The van der Waals surface area contributed by atoms with Gasteiger partial charge in [0.2, 0.25) is 0 Å². The molecule has 1 fully saturated rings. The molecule has 1 saturated carbocycles. The summed E-state index contributed by atoms with van der Waals surface area (Å²) in [5.74, 6) is 1.33. The van der Waals surface area contributed by atoms with Gasteiger partial charge in [-0.25, -0.2) is 4.68 Å². The second-order valence-electron chi connectivity index (χ2n) is 5.74. The monoisotopic (exact) mass is 327 g/mol. The van der Waals surface area contributed by atoms with E-state index < -0.39 is 0 Å². The van der Waals surface area contributed by atoms with Crippen LogP contribution in [0.25, 0.3) is 0 Å². The highest BCUT2D eigenvalue weighted by Gasteiger charge is 2.28. The fourth-order valence-corrected chi connectivity index (χ4v) is 3.42. The molecule has 0 saturated heterocycles. The van der Waals surface area contributed by atoms with Crippen LogP contribution >= 0.6 is 15.9 Å². The predicted molar refractivity (Wildman–Crippen MR) is 81.4 cm³/mol. The Morgan fingerprint density at radius 2 is 2.11 bits per heavy atom. The summed E-state index contributed by atoms with van der Waals surface area (Å²) in [7, 11) is 1.66. The van der Waals surface area contributed by atoms with Gasteiger partial charge < -0.3 is 5.32 Å². The smallest absolute Gasteiger partial charge is 0.282 e. The van der Waals surface area contributed by atoms with Crippen molar-refractivity contribution in [2.75, 3.05) is 5.32 Å². The minimum Gasteiger partial charge on any atom is -0.380 e. The molecule has 0 amide bonds. The van der Waals surface area contributed by atoms with E-state index in [1.54, 1.807) is 13.2 Å². The van der Waals surface area contributed by atoms with E-state index in [9.17, 15) is 4.79 Å². The summed E-state index contributed by atoms with van der Waals surface area (Å²) in [4.78, 5) is 11.9. The molecule has 1 aliphatic rings. The van der Waals surface area contributed by atoms with Crippen molar-refractivity contribution >= 4 is 21.6 Å². The van der Waals surface area contributed by atoms with Crippen LogP contribution in [0.15, 0.2) is 15.5 Å². The Balaban J connectivity index is 2.20. The molecule has 0 bridgehead atoms. The molecule has 19 heavy (non-hydrogen) atoms. The molecule has 1 N–H and O–H groups in total. The van der Waals surface area contributed by atoms with Crippen molar-refractivity contribution in [1.29, 1.82) is 0 Å². The fourth-order valence-electron chi connectivity index (χ4n) is 2.95. The van der Waals surface area contributed by atoms with Crippen LogP contribution in [-0.2, 0) is 7.05 Å². The Morgan fingerprint density at radius 1 is 1.42 bits per heavy atom. The molecular weight excluding hydrogens is 306 g/mol. The Kier molecular flexibility index (Phi) is 4.66. The highest BCUT2D eigenvalue weighted by molar-refractivity contribution is 9.10. The minimum atomic E-state index is -0.0955. The van der Waals surface area contributed by atoms with Crippen LogP contribution in [-0.4, -0.2) is 15.8 Å². The number of aromatic nitrogens is 2. The van der Waals surface area contributed by atoms with E-state index in [1.165, 1.54) is 30.4 Å². The van der Waals surface area contributed by atoms with E-state index >= 15 is 0 Å². The van der Waals surface area contributed by atoms with Crippen LogP contribution in [0.5, 0.6) is 0 Å². The number of hydrogen-bond acceptors (Lipinski definition) is 3. The van der Waals surface area contributed by atoms with Crippen molar-refractivity contribution in [1.82, 2.24) is 9.78 Å². The van der Waals surface area contributed by atoms with Gasteiger partial charge in [0.05, 0.1) is 11.9 Å². The van der Waals surface area contributed by atoms with Crippen LogP contribution in [0.1, 0.15) is 39.5 Å². The van der Waals surface area contributed by atoms with Crippen LogP contribution in [0, 0.1) is 11.8 Å². The van der Waals surface area contributed by atoms with Crippen LogP contribution in [0.4, 0.5) is 5.69 Å². The highest BCUT2D eigenvalue weighted by Crippen LogP contribution is 2.33. The summed E-state index contributed by atoms with van der Waals surface area (Å²) >= 11 is 3.38. The normalized spacial score (nSPS) is 23.6.